The Balaban J connectivity index is 1.73. The van der Waals surface area contributed by atoms with Crippen molar-refractivity contribution in [3.05, 3.63) is 57.7 Å². The second-order valence-electron chi connectivity index (χ2n) is 6.85. The Morgan fingerprint density at radius 1 is 1.27 bits per heavy atom. The highest BCUT2D eigenvalue weighted by atomic mass is 35.5. The molecule has 3 rings (SSSR count). The van der Waals surface area contributed by atoms with Gasteiger partial charge in [0.05, 0.1) is 16.3 Å². The molecule has 1 N–H and O–H groups in total. The van der Waals surface area contributed by atoms with Crippen LogP contribution in [-0.4, -0.2) is 48.0 Å². The zero-order chi connectivity index (χ0) is 22.1. The molecule has 0 unspecified atom stereocenters. The van der Waals surface area contributed by atoms with Crippen LogP contribution < -0.4 is 5.32 Å². The first-order chi connectivity index (χ1) is 14.1. The molecule has 0 saturated heterocycles. The van der Waals surface area contributed by atoms with Crippen LogP contribution in [-0.2, 0) is 37.3 Å². The van der Waals surface area contributed by atoms with Crippen LogP contribution in [0.25, 0.3) is 0 Å². The van der Waals surface area contributed by atoms with Gasteiger partial charge in [-0.05, 0) is 24.1 Å². The first kappa shape index (κ1) is 22.5. The van der Waals surface area contributed by atoms with Crippen LogP contribution in [0.2, 0.25) is 10.0 Å². The molecule has 0 saturated carbocycles. The Labute approximate surface area is 184 Å². The van der Waals surface area contributed by atoms with Gasteiger partial charge in [-0.3, -0.25) is 9.59 Å². The van der Waals surface area contributed by atoms with E-state index in [4.69, 9.17) is 27.9 Å². The quantitative estimate of drug-likeness (QED) is 0.671. The normalized spacial score (nSPS) is 17.7. The highest BCUT2D eigenvalue weighted by Gasteiger charge is 2.39. The summed E-state index contributed by atoms with van der Waals surface area (Å²) >= 11 is 11.8. The first-order valence-corrected chi connectivity index (χ1v) is 11.5. The summed E-state index contributed by atoms with van der Waals surface area (Å²) in [5.41, 5.74) is 1.68. The Morgan fingerprint density at radius 2 is 1.93 bits per heavy atom. The number of carbonyl (C=O) groups excluding carboxylic acids is 2. The highest BCUT2D eigenvalue weighted by Crippen LogP contribution is 2.27. The first-order valence-electron chi connectivity index (χ1n) is 8.92. The molecule has 0 aliphatic carbocycles. The fourth-order valence-electron chi connectivity index (χ4n) is 3.08. The maximum absolute atomic E-state index is 12.8. The number of hydrogen-bond donors (Lipinski definition) is 1. The van der Waals surface area contributed by atoms with E-state index in [1.54, 1.807) is 6.07 Å². The lowest BCUT2D eigenvalue weighted by Crippen LogP contribution is -2.50. The number of ether oxygens (including phenoxy) is 1. The van der Waals surface area contributed by atoms with Gasteiger partial charge >= 0.3 is 5.97 Å². The van der Waals surface area contributed by atoms with Crippen LogP contribution in [0.1, 0.15) is 18.1 Å². The summed E-state index contributed by atoms with van der Waals surface area (Å²) in [6, 6.07) is 7.61. The second kappa shape index (κ2) is 8.89. The molecular weight excluding hydrogens is 453 g/mol. The van der Waals surface area contributed by atoms with Gasteiger partial charge in [0.15, 0.2) is 11.9 Å². The predicted molar refractivity (Wildman–Crippen MR) is 113 cm³/mol. The van der Waals surface area contributed by atoms with Crippen molar-refractivity contribution in [2.75, 3.05) is 11.6 Å². The zero-order valence-electron chi connectivity index (χ0n) is 16.1. The second-order valence-corrected chi connectivity index (χ2v) is 9.63. The minimum Gasteiger partial charge on any atom is -0.451 e. The molecule has 11 heteroatoms. The summed E-state index contributed by atoms with van der Waals surface area (Å²) in [6.07, 6.45) is 1.29. The molecule has 0 bridgehead atoms. The van der Waals surface area contributed by atoms with E-state index in [0.29, 0.717) is 5.02 Å². The third-order valence-electron chi connectivity index (χ3n) is 4.62. The zero-order valence-corrected chi connectivity index (χ0v) is 18.5. The fourth-order valence-corrected chi connectivity index (χ4v) is 4.50. The van der Waals surface area contributed by atoms with E-state index in [2.05, 4.69) is 10.3 Å². The lowest BCUT2D eigenvalue weighted by molar-refractivity contribution is -0.157. The number of aromatic nitrogens is 1. The standard InChI is InChI=1S/C19H19Cl2N3O5S/c1-11(18(25)23-17-15(21)8-14(20)9-22-17)29-19(26)16-7-12-5-3-4-6-13(12)10-24(16)30(2,27)28/h3-6,8-9,11,16H,7,10H2,1-2H3,(H,22,23,25)/t11-,16-/m0/s1. The average Bonchev–Trinajstić information content (AvgIpc) is 2.68. The van der Waals surface area contributed by atoms with E-state index in [1.807, 2.05) is 18.2 Å². The number of amides is 1. The number of fused-ring (bicyclic) bond motifs is 1. The van der Waals surface area contributed by atoms with Gasteiger partial charge < -0.3 is 10.1 Å². The number of benzene rings is 1. The summed E-state index contributed by atoms with van der Waals surface area (Å²) in [5.74, 6) is -1.41. The van der Waals surface area contributed by atoms with Crippen LogP contribution >= 0.6 is 23.2 Å². The molecule has 0 radical (unpaired) electrons. The van der Waals surface area contributed by atoms with Gasteiger partial charge in [-0.2, -0.15) is 4.31 Å². The summed E-state index contributed by atoms with van der Waals surface area (Å²) in [5, 5.41) is 2.88. The van der Waals surface area contributed by atoms with Gasteiger partial charge in [-0.15, -0.1) is 0 Å². The van der Waals surface area contributed by atoms with E-state index >= 15 is 0 Å². The molecule has 2 atom stereocenters. The number of pyridine rings is 1. The van der Waals surface area contributed by atoms with Crippen molar-refractivity contribution in [1.29, 1.82) is 0 Å². The fraction of sp³-hybridized carbons (Fsp3) is 0.316. The van der Waals surface area contributed by atoms with E-state index < -0.39 is 34.0 Å². The molecule has 0 spiro atoms. The summed E-state index contributed by atoms with van der Waals surface area (Å²) in [7, 11) is -3.69. The van der Waals surface area contributed by atoms with Crippen molar-refractivity contribution < 1.29 is 22.7 Å². The SMILES string of the molecule is C[C@H](OC(=O)[C@@H]1Cc2ccccc2CN1S(C)(=O)=O)C(=O)Nc1ncc(Cl)cc1Cl. The minimum atomic E-state index is -3.69. The van der Waals surface area contributed by atoms with Crippen molar-refractivity contribution in [2.24, 2.45) is 0 Å². The van der Waals surface area contributed by atoms with Gasteiger partial charge in [0.2, 0.25) is 10.0 Å². The van der Waals surface area contributed by atoms with E-state index in [-0.39, 0.29) is 23.8 Å². The lowest BCUT2D eigenvalue weighted by atomic mass is 9.96. The van der Waals surface area contributed by atoms with Crippen molar-refractivity contribution in [3.8, 4) is 0 Å². The smallest absolute Gasteiger partial charge is 0.325 e. The largest absolute Gasteiger partial charge is 0.451 e. The molecule has 1 aromatic carbocycles. The number of rotatable bonds is 5. The molecular formula is C19H19Cl2N3O5S. The minimum absolute atomic E-state index is 0.0552. The number of hydrogen-bond acceptors (Lipinski definition) is 6. The van der Waals surface area contributed by atoms with Gasteiger partial charge in [-0.25, -0.2) is 13.4 Å². The molecule has 1 aromatic heterocycles. The Morgan fingerprint density at radius 3 is 2.57 bits per heavy atom. The summed E-state index contributed by atoms with van der Waals surface area (Å²) in [4.78, 5) is 29.1. The Hall–Kier alpha value is -2.20. The van der Waals surface area contributed by atoms with Gasteiger partial charge in [0.1, 0.15) is 6.04 Å². The number of carbonyl (C=O) groups is 2. The predicted octanol–water partition coefficient (Wildman–Crippen LogP) is 2.65. The Bertz CT molecular complexity index is 1090. The molecule has 30 heavy (non-hydrogen) atoms. The summed E-state index contributed by atoms with van der Waals surface area (Å²) in [6.45, 7) is 1.43. The van der Waals surface area contributed by atoms with Crippen LogP contribution in [0.3, 0.4) is 0 Å². The van der Waals surface area contributed by atoms with Crippen molar-refractivity contribution in [2.45, 2.75) is 32.0 Å². The molecule has 1 amide bonds. The van der Waals surface area contributed by atoms with E-state index in [9.17, 15) is 18.0 Å². The number of halogens is 2. The third-order valence-corrected chi connectivity index (χ3v) is 6.35. The molecule has 1 aliphatic rings. The maximum atomic E-state index is 12.8. The number of nitrogens with zero attached hydrogens (tertiary/aromatic N) is 2. The van der Waals surface area contributed by atoms with Gasteiger partial charge in [0, 0.05) is 19.2 Å². The summed E-state index contributed by atoms with van der Waals surface area (Å²) < 4.78 is 30.8. The Kier molecular flexibility index (Phi) is 6.66. The molecule has 160 valence electrons. The van der Waals surface area contributed by atoms with E-state index in [1.165, 1.54) is 19.2 Å². The number of esters is 1. The lowest BCUT2D eigenvalue weighted by Gasteiger charge is -2.33. The van der Waals surface area contributed by atoms with Gasteiger partial charge in [-0.1, -0.05) is 47.5 Å². The van der Waals surface area contributed by atoms with Crippen molar-refractivity contribution >= 4 is 50.9 Å². The van der Waals surface area contributed by atoms with E-state index in [0.717, 1.165) is 21.7 Å². The molecule has 2 aromatic rings. The monoisotopic (exact) mass is 471 g/mol. The number of nitrogens with one attached hydrogen (secondary N) is 1. The molecule has 1 aliphatic heterocycles. The highest BCUT2D eigenvalue weighted by molar-refractivity contribution is 7.88. The van der Waals surface area contributed by atoms with Gasteiger partial charge in [0.25, 0.3) is 5.91 Å². The number of anilines is 1. The molecule has 0 fully saturated rings. The van der Waals surface area contributed by atoms with Crippen LogP contribution in [0, 0.1) is 0 Å². The maximum Gasteiger partial charge on any atom is 0.325 e. The van der Waals surface area contributed by atoms with Crippen LogP contribution in [0.5, 0.6) is 0 Å². The van der Waals surface area contributed by atoms with Crippen molar-refractivity contribution in [1.82, 2.24) is 9.29 Å². The topological polar surface area (TPSA) is 106 Å². The third kappa shape index (κ3) is 5.10. The van der Waals surface area contributed by atoms with Crippen LogP contribution in [0.15, 0.2) is 36.5 Å². The molecule has 8 nitrogen and oxygen atoms in total. The molecule has 2 heterocycles. The van der Waals surface area contributed by atoms with Crippen molar-refractivity contribution in [3.63, 3.8) is 0 Å². The van der Waals surface area contributed by atoms with Crippen LogP contribution in [0.4, 0.5) is 5.82 Å². The number of sulfonamides is 1. The average molecular weight is 472 g/mol.